The van der Waals surface area contributed by atoms with Gasteiger partial charge in [-0.25, -0.2) is 23.1 Å². The van der Waals surface area contributed by atoms with E-state index in [0.29, 0.717) is 5.65 Å². The average molecular weight is 292 g/mol. The highest BCUT2D eigenvalue weighted by Crippen LogP contribution is 2.21. The van der Waals surface area contributed by atoms with Gasteiger partial charge in [0.05, 0.1) is 4.91 Å². The van der Waals surface area contributed by atoms with E-state index in [2.05, 4.69) is 29.8 Å². The first-order chi connectivity index (χ1) is 9.29. The van der Waals surface area contributed by atoms with Crippen LogP contribution in [0.25, 0.3) is 5.65 Å². The Labute approximate surface area is 115 Å². The van der Waals surface area contributed by atoms with E-state index in [9.17, 15) is 8.42 Å². The van der Waals surface area contributed by atoms with Crippen molar-refractivity contribution in [1.29, 1.82) is 0 Å². The number of hydrogen-bond donors (Lipinski definition) is 1. The van der Waals surface area contributed by atoms with Crippen LogP contribution in [0.5, 0.6) is 5.88 Å². The first kappa shape index (κ1) is 14.0. The van der Waals surface area contributed by atoms with Crippen LogP contribution in [0, 0.1) is 0 Å². The van der Waals surface area contributed by atoms with Crippen LogP contribution in [-0.4, -0.2) is 23.0 Å². The first-order valence-corrected chi connectivity index (χ1v) is 6.92. The molecule has 0 saturated carbocycles. The summed E-state index contributed by atoms with van der Waals surface area (Å²) in [4.78, 5) is 3.67. The summed E-state index contributed by atoms with van der Waals surface area (Å²) in [6.45, 7) is 10.5. The predicted molar refractivity (Wildman–Crippen MR) is 74.1 cm³/mol. The van der Waals surface area contributed by atoms with E-state index in [0.717, 1.165) is 0 Å². The van der Waals surface area contributed by atoms with Gasteiger partial charge in [-0.2, -0.15) is 0 Å². The number of hydrogen-bond acceptors (Lipinski definition) is 5. The van der Waals surface area contributed by atoms with Gasteiger partial charge in [0, 0.05) is 24.0 Å². The van der Waals surface area contributed by atoms with E-state index >= 15 is 0 Å². The maximum absolute atomic E-state index is 11.2. The van der Waals surface area contributed by atoms with Crippen molar-refractivity contribution in [3.8, 4) is 5.88 Å². The summed E-state index contributed by atoms with van der Waals surface area (Å²) in [7, 11) is -3.94. The number of imidazole rings is 1. The van der Waals surface area contributed by atoms with Gasteiger partial charge in [0.1, 0.15) is 5.76 Å². The number of fused-ring (bicyclic) bond motifs is 1. The normalized spacial score (nSPS) is 11.2. The van der Waals surface area contributed by atoms with Crippen LogP contribution in [0.15, 0.2) is 60.5 Å². The number of rotatable bonds is 5. The van der Waals surface area contributed by atoms with Gasteiger partial charge in [-0.15, -0.1) is 5.10 Å². The molecule has 0 bridgehead atoms. The minimum Gasteiger partial charge on any atom is -0.438 e. The van der Waals surface area contributed by atoms with Crippen molar-refractivity contribution in [2.75, 3.05) is 0 Å². The van der Waals surface area contributed by atoms with Crippen molar-refractivity contribution < 1.29 is 13.2 Å². The molecule has 104 valence electrons. The average Bonchev–Trinajstić information content (AvgIpc) is 2.83. The third kappa shape index (κ3) is 2.76. The molecule has 2 heterocycles. The Kier molecular flexibility index (Phi) is 3.43. The Bertz CT molecular complexity index is 820. The monoisotopic (exact) mass is 292 g/mol. The van der Waals surface area contributed by atoms with Gasteiger partial charge in [0.15, 0.2) is 5.65 Å². The molecule has 2 rings (SSSR count). The van der Waals surface area contributed by atoms with Crippen LogP contribution < -0.4 is 9.88 Å². The molecule has 20 heavy (non-hydrogen) atoms. The SMILES string of the molecule is C=C(Oc1ccc2nccn2n1)C(=C)C(=C)S(N)(=O)=O. The van der Waals surface area contributed by atoms with Crippen LogP contribution in [-0.2, 0) is 10.0 Å². The molecule has 8 heteroatoms. The summed E-state index contributed by atoms with van der Waals surface area (Å²) < 4.78 is 29.2. The van der Waals surface area contributed by atoms with Gasteiger partial charge in [-0.05, 0) is 6.07 Å². The van der Waals surface area contributed by atoms with E-state index in [1.54, 1.807) is 24.5 Å². The van der Waals surface area contributed by atoms with E-state index in [4.69, 9.17) is 9.88 Å². The molecule has 7 nitrogen and oxygen atoms in total. The van der Waals surface area contributed by atoms with Crippen LogP contribution in [0.4, 0.5) is 0 Å². The molecule has 0 saturated heterocycles. The number of allylic oxidation sites excluding steroid dienone is 1. The largest absolute Gasteiger partial charge is 0.438 e. The zero-order chi connectivity index (χ0) is 14.9. The standard InChI is InChI=1S/C12H12N4O3S/c1-8(10(3)20(13,17)18)9(2)19-12-5-4-11-14-6-7-16(11)15-12/h4-7H,1-3H2,(H2,13,17,18). The Morgan fingerprint density at radius 2 is 2.00 bits per heavy atom. The van der Waals surface area contributed by atoms with Crippen molar-refractivity contribution in [2.45, 2.75) is 0 Å². The van der Waals surface area contributed by atoms with E-state index < -0.39 is 10.0 Å². The minimum absolute atomic E-state index is 0.00371. The van der Waals surface area contributed by atoms with Crippen molar-refractivity contribution >= 4 is 15.7 Å². The number of primary sulfonamides is 1. The molecular weight excluding hydrogens is 280 g/mol. The number of nitrogens with two attached hydrogens (primary N) is 1. The third-order valence-corrected chi connectivity index (χ3v) is 3.41. The molecule has 0 fully saturated rings. The Hall–Kier alpha value is -2.45. The molecule has 0 spiro atoms. The Morgan fingerprint density at radius 1 is 1.30 bits per heavy atom. The quantitative estimate of drug-likeness (QED) is 0.654. The lowest BCUT2D eigenvalue weighted by Gasteiger charge is -2.11. The molecule has 0 unspecified atom stereocenters. The second kappa shape index (κ2) is 4.91. The summed E-state index contributed by atoms with van der Waals surface area (Å²) in [5.41, 5.74) is 0.635. The lowest BCUT2D eigenvalue weighted by molar-refractivity contribution is 0.415. The van der Waals surface area contributed by atoms with Crippen molar-refractivity contribution in [2.24, 2.45) is 5.14 Å². The maximum atomic E-state index is 11.2. The Morgan fingerprint density at radius 3 is 2.65 bits per heavy atom. The highest BCUT2D eigenvalue weighted by Gasteiger charge is 2.17. The van der Waals surface area contributed by atoms with Gasteiger partial charge in [0.2, 0.25) is 15.9 Å². The molecular formula is C12H12N4O3S. The molecule has 0 aliphatic rings. The molecule has 0 radical (unpaired) electrons. The summed E-state index contributed by atoms with van der Waals surface area (Å²) in [6, 6.07) is 3.26. The van der Waals surface area contributed by atoms with Crippen molar-refractivity contribution in [3.05, 3.63) is 60.5 Å². The molecule has 0 aromatic carbocycles. The second-order valence-corrected chi connectivity index (χ2v) is 5.46. The predicted octanol–water partition coefficient (Wildman–Crippen LogP) is 0.980. The highest BCUT2D eigenvalue weighted by atomic mass is 32.2. The topological polar surface area (TPSA) is 99.6 Å². The number of sulfonamides is 1. The molecule has 0 amide bonds. The number of aromatic nitrogens is 3. The summed E-state index contributed by atoms with van der Waals surface area (Å²) in [5.74, 6) is 0.208. The van der Waals surface area contributed by atoms with Gasteiger partial charge in [0.25, 0.3) is 0 Å². The lowest BCUT2D eigenvalue weighted by Crippen LogP contribution is -2.16. The summed E-state index contributed by atoms with van der Waals surface area (Å²) >= 11 is 0. The first-order valence-electron chi connectivity index (χ1n) is 5.37. The lowest BCUT2D eigenvalue weighted by atomic mass is 10.2. The van der Waals surface area contributed by atoms with Gasteiger partial charge >= 0.3 is 0 Å². The van der Waals surface area contributed by atoms with Crippen molar-refractivity contribution in [1.82, 2.24) is 14.6 Å². The van der Waals surface area contributed by atoms with Crippen LogP contribution in [0.2, 0.25) is 0 Å². The number of nitrogens with zero attached hydrogens (tertiary/aromatic N) is 3. The highest BCUT2D eigenvalue weighted by molar-refractivity contribution is 7.93. The molecule has 0 aliphatic carbocycles. The Balaban J connectivity index is 2.19. The smallest absolute Gasteiger partial charge is 0.238 e. The van der Waals surface area contributed by atoms with Gasteiger partial charge < -0.3 is 4.74 Å². The van der Waals surface area contributed by atoms with Crippen LogP contribution in [0.3, 0.4) is 0 Å². The minimum atomic E-state index is -3.94. The van der Waals surface area contributed by atoms with E-state index in [1.165, 1.54) is 4.52 Å². The fourth-order valence-corrected chi connectivity index (χ4v) is 1.82. The number of ether oxygens (including phenoxy) is 1. The van der Waals surface area contributed by atoms with Crippen molar-refractivity contribution in [3.63, 3.8) is 0 Å². The van der Waals surface area contributed by atoms with E-state index in [1.807, 2.05) is 0 Å². The van der Waals surface area contributed by atoms with E-state index in [-0.39, 0.29) is 22.1 Å². The molecule has 0 aliphatic heterocycles. The van der Waals surface area contributed by atoms with Gasteiger partial charge in [-0.1, -0.05) is 19.7 Å². The molecule has 2 N–H and O–H groups in total. The maximum Gasteiger partial charge on any atom is 0.238 e. The fourth-order valence-electron chi connectivity index (χ4n) is 1.37. The van der Waals surface area contributed by atoms with Crippen LogP contribution >= 0.6 is 0 Å². The zero-order valence-corrected chi connectivity index (χ0v) is 11.3. The molecule has 0 atom stereocenters. The summed E-state index contributed by atoms with van der Waals surface area (Å²) in [6.07, 6.45) is 3.23. The third-order valence-electron chi connectivity index (χ3n) is 2.48. The van der Waals surface area contributed by atoms with Gasteiger partial charge in [-0.3, -0.25) is 0 Å². The molecule has 2 aromatic heterocycles. The molecule has 2 aromatic rings. The van der Waals surface area contributed by atoms with Crippen LogP contribution in [0.1, 0.15) is 0 Å². The second-order valence-electron chi connectivity index (χ2n) is 3.87. The zero-order valence-electron chi connectivity index (χ0n) is 10.5. The summed E-state index contributed by atoms with van der Waals surface area (Å²) in [5, 5.41) is 9.06. The fraction of sp³-hybridized carbons (Fsp3) is 0.